The first-order valence-corrected chi connectivity index (χ1v) is 8.69. The Labute approximate surface area is 165 Å². The summed E-state index contributed by atoms with van der Waals surface area (Å²) in [6, 6.07) is 2.25. The summed E-state index contributed by atoms with van der Waals surface area (Å²) in [5, 5.41) is 0. The van der Waals surface area contributed by atoms with Crippen molar-refractivity contribution in [2.24, 2.45) is 0 Å². The van der Waals surface area contributed by atoms with Crippen LogP contribution in [-0.4, -0.2) is 6.36 Å². The van der Waals surface area contributed by atoms with Crippen molar-refractivity contribution in [2.75, 3.05) is 0 Å². The molecule has 0 spiro atoms. The summed E-state index contributed by atoms with van der Waals surface area (Å²) >= 11 is 0. The van der Waals surface area contributed by atoms with Crippen molar-refractivity contribution in [3.63, 3.8) is 0 Å². The van der Waals surface area contributed by atoms with E-state index >= 15 is 0 Å². The van der Waals surface area contributed by atoms with Gasteiger partial charge in [-0.15, -0.1) is 13.2 Å². The van der Waals surface area contributed by atoms with Crippen molar-refractivity contribution >= 4 is 5.83 Å². The van der Waals surface area contributed by atoms with Gasteiger partial charge in [-0.25, -0.2) is 26.3 Å². The molecular formula is C20H15F9O. The maximum absolute atomic E-state index is 14.2. The lowest BCUT2D eigenvalue weighted by Gasteiger charge is -2.12. The molecule has 0 bridgehead atoms. The molecule has 0 amide bonds. The predicted octanol–water partition coefficient (Wildman–Crippen LogP) is 7.33. The number of allylic oxidation sites excluding steroid dienone is 1. The number of rotatable bonds is 7. The summed E-state index contributed by atoms with van der Waals surface area (Å²) in [4.78, 5) is 0. The number of ether oxygens (including phenoxy) is 1. The SMILES string of the molecule is CCCC(F)=C(F)c1cc(F)c(CCc2cc(F)c(OC(F)(F)F)c(F)c2)c(F)c1. The monoisotopic (exact) mass is 442 g/mol. The van der Waals surface area contributed by atoms with Crippen LogP contribution in [0.1, 0.15) is 36.5 Å². The Hall–Kier alpha value is -2.65. The molecular weight excluding hydrogens is 427 g/mol. The van der Waals surface area contributed by atoms with E-state index in [1.807, 2.05) is 0 Å². The fraction of sp³-hybridized carbons (Fsp3) is 0.300. The quantitative estimate of drug-likeness (QED) is 0.408. The van der Waals surface area contributed by atoms with Crippen molar-refractivity contribution < 1.29 is 44.3 Å². The molecule has 2 rings (SSSR count). The van der Waals surface area contributed by atoms with Crippen LogP contribution in [0.25, 0.3) is 5.83 Å². The number of alkyl halides is 3. The van der Waals surface area contributed by atoms with E-state index in [4.69, 9.17) is 0 Å². The van der Waals surface area contributed by atoms with Crippen LogP contribution < -0.4 is 4.74 Å². The van der Waals surface area contributed by atoms with Crippen LogP contribution in [0.3, 0.4) is 0 Å². The second kappa shape index (κ2) is 9.44. The minimum atomic E-state index is -5.31. The van der Waals surface area contributed by atoms with Crippen LogP contribution in [0.2, 0.25) is 0 Å². The van der Waals surface area contributed by atoms with Crippen LogP contribution in [0.4, 0.5) is 39.5 Å². The van der Waals surface area contributed by atoms with Gasteiger partial charge in [0.05, 0.1) is 0 Å². The van der Waals surface area contributed by atoms with E-state index in [0.717, 1.165) is 0 Å². The number of hydrogen-bond donors (Lipinski definition) is 0. The van der Waals surface area contributed by atoms with Gasteiger partial charge < -0.3 is 4.74 Å². The topological polar surface area (TPSA) is 9.23 Å². The summed E-state index contributed by atoms with van der Waals surface area (Å²) in [5.41, 5.74) is -1.38. The van der Waals surface area contributed by atoms with E-state index in [1.165, 1.54) is 0 Å². The molecule has 1 nitrogen and oxygen atoms in total. The molecule has 0 radical (unpaired) electrons. The predicted molar refractivity (Wildman–Crippen MR) is 90.9 cm³/mol. The van der Waals surface area contributed by atoms with Crippen LogP contribution >= 0.6 is 0 Å². The molecule has 0 aliphatic rings. The van der Waals surface area contributed by atoms with Gasteiger partial charge in [-0.1, -0.05) is 6.92 Å². The molecule has 0 aromatic heterocycles. The number of halogens is 9. The highest BCUT2D eigenvalue weighted by atomic mass is 19.4. The van der Waals surface area contributed by atoms with Gasteiger partial charge in [-0.3, -0.25) is 0 Å². The van der Waals surface area contributed by atoms with Crippen LogP contribution in [0.5, 0.6) is 5.75 Å². The molecule has 0 heterocycles. The molecule has 0 saturated carbocycles. The summed E-state index contributed by atoms with van der Waals surface area (Å²) < 4.78 is 123. The maximum Gasteiger partial charge on any atom is 0.573 e. The second-order valence-electron chi connectivity index (χ2n) is 6.32. The van der Waals surface area contributed by atoms with Crippen molar-refractivity contribution in [3.8, 4) is 5.75 Å². The highest BCUT2D eigenvalue weighted by Gasteiger charge is 2.34. The molecule has 0 unspecified atom stereocenters. The maximum atomic E-state index is 14.2. The zero-order valence-electron chi connectivity index (χ0n) is 15.4. The van der Waals surface area contributed by atoms with Gasteiger partial charge in [0.25, 0.3) is 0 Å². The minimum absolute atomic E-state index is 0.192. The van der Waals surface area contributed by atoms with Crippen LogP contribution in [0.15, 0.2) is 30.1 Å². The summed E-state index contributed by atoms with van der Waals surface area (Å²) in [7, 11) is 0. The summed E-state index contributed by atoms with van der Waals surface area (Å²) in [6.45, 7) is 1.59. The van der Waals surface area contributed by atoms with E-state index in [0.29, 0.717) is 24.3 Å². The van der Waals surface area contributed by atoms with Crippen molar-refractivity contribution in [1.82, 2.24) is 0 Å². The second-order valence-corrected chi connectivity index (χ2v) is 6.32. The lowest BCUT2D eigenvalue weighted by molar-refractivity contribution is -0.276. The van der Waals surface area contributed by atoms with Crippen molar-refractivity contribution in [2.45, 2.75) is 39.0 Å². The molecule has 0 atom stereocenters. The minimum Gasteiger partial charge on any atom is -0.399 e. The van der Waals surface area contributed by atoms with Crippen LogP contribution in [-0.2, 0) is 12.8 Å². The van der Waals surface area contributed by atoms with Gasteiger partial charge in [0, 0.05) is 17.5 Å². The average Bonchev–Trinajstić information content (AvgIpc) is 2.62. The molecule has 164 valence electrons. The normalized spacial score (nSPS) is 12.7. The fourth-order valence-corrected chi connectivity index (χ4v) is 2.69. The molecule has 0 fully saturated rings. The first-order chi connectivity index (χ1) is 13.9. The smallest absolute Gasteiger partial charge is 0.399 e. The third-order valence-corrected chi connectivity index (χ3v) is 4.04. The Balaban J connectivity index is 2.23. The molecule has 0 saturated heterocycles. The van der Waals surface area contributed by atoms with Crippen molar-refractivity contribution in [3.05, 3.63) is 70.1 Å². The van der Waals surface area contributed by atoms with Gasteiger partial charge in [0.15, 0.2) is 17.5 Å². The molecule has 10 heteroatoms. The molecule has 30 heavy (non-hydrogen) atoms. The standard InChI is InChI=1S/C20H15F9O/c1-2-3-13(21)18(26)11-8-14(22)12(15(23)9-11)5-4-10-6-16(24)19(17(25)7-10)30-20(27,28)29/h6-9H,2-5H2,1H3. The molecule has 0 aliphatic carbocycles. The third-order valence-electron chi connectivity index (χ3n) is 4.04. The third kappa shape index (κ3) is 5.93. The van der Waals surface area contributed by atoms with Crippen molar-refractivity contribution in [1.29, 1.82) is 0 Å². The average molecular weight is 442 g/mol. The number of aryl methyl sites for hydroxylation is 1. The summed E-state index contributed by atoms with van der Waals surface area (Å²) in [5.74, 6) is -9.90. The lowest BCUT2D eigenvalue weighted by atomic mass is 10.0. The Kier molecular flexibility index (Phi) is 7.44. The highest BCUT2D eigenvalue weighted by molar-refractivity contribution is 5.61. The highest BCUT2D eigenvalue weighted by Crippen LogP contribution is 2.31. The Bertz CT molecular complexity index is 902. The molecule has 0 aliphatic heterocycles. The van der Waals surface area contributed by atoms with E-state index in [9.17, 15) is 39.5 Å². The zero-order chi connectivity index (χ0) is 22.6. The summed E-state index contributed by atoms with van der Waals surface area (Å²) in [6.07, 6.45) is -6.07. The number of hydrogen-bond acceptors (Lipinski definition) is 1. The molecule has 2 aromatic carbocycles. The Morgan fingerprint density at radius 1 is 0.833 bits per heavy atom. The van der Waals surface area contributed by atoms with Gasteiger partial charge in [0.2, 0.25) is 5.75 Å². The van der Waals surface area contributed by atoms with Gasteiger partial charge >= 0.3 is 6.36 Å². The molecule has 0 N–H and O–H groups in total. The number of benzene rings is 2. The van der Waals surface area contributed by atoms with Gasteiger partial charge in [0.1, 0.15) is 17.5 Å². The van der Waals surface area contributed by atoms with Gasteiger partial charge in [-0.2, -0.15) is 0 Å². The zero-order valence-corrected chi connectivity index (χ0v) is 15.4. The fourth-order valence-electron chi connectivity index (χ4n) is 2.69. The first-order valence-electron chi connectivity index (χ1n) is 8.69. The largest absolute Gasteiger partial charge is 0.573 e. The van der Waals surface area contributed by atoms with E-state index < -0.39 is 64.6 Å². The Morgan fingerprint density at radius 3 is 1.83 bits per heavy atom. The molecule has 2 aromatic rings. The van der Waals surface area contributed by atoms with Gasteiger partial charge in [-0.05, 0) is 49.1 Å². The Morgan fingerprint density at radius 2 is 1.37 bits per heavy atom. The lowest BCUT2D eigenvalue weighted by Crippen LogP contribution is -2.19. The van der Waals surface area contributed by atoms with E-state index in [1.54, 1.807) is 6.92 Å². The van der Waals surface area contributed by atoms with Crippen LogP contribution in [0, 0.1) is 23.3 Å². The first kappa shape index (κ1) is 23.6. The van der Waals surface area contributed by atoms with E-state index in [2.05, 4.69) is 4.74 Å². The van der Waals surface area contributed by atoms with E-state index in [-0.39, 0.29) is 24.8 Å².